The lowest BCUT2D eigenvalue weighted by atomic mass is 10.1. The van der Waals surface area contributed by atoms with Gasteiger partial charge in [-0.2, -0.15) is 0 Å². The number of benzene rings is 1. The number of fused-ring (bicyclic) bond motifs is 2. The van der Waals surface area contributed by atoms with E-state index in [-0.39, 0.29) is 29.8 Å². The van der Waals surface area contributed by atoms with Crippen molar-refractivity contribution in [2.24, 2.45) is 11.8 Å². The van der Waals surface area contributed by atoms with E-state index in [4.69, 9.17) is 4.74 Å². The van der Waals surface area contributed by atoms with Crippen LogP contribution in [-0.4, -0.2) is 11.6 Å². The smallest absolute Gasteiger partial charge is 0.128 e. The number of ether oxygens (including phenoxy) is 1. The van der Waals surface area contributed by atoms with Gasteiger partial charge in [-0.25, -0.2) is 8.78 Å². The molecule has 1 heterocycles. The van der Waals surface area contributed by atoms with Gasteiger partial charge < -0.3 is 4.74 Å². The van der Waals surface area contributed by atoms with Crippen LogP contribution in [0.2, 0.25) is 0 Å². The standard InChI is InChI=1S/C17H13F2NO/c18-15-8-11-7-13(11)17(19)14(15)9-21-12-3-4-16-10(6-12)2-1-5-20-16/h1-6,8,11,13H,7,9H2. The van der Waals surface area contributed by atoms with Gasteiger partial charge in [0.25, 0.3) is 0 Å². The number of pyridine rings is 1. The number of hydrogen-bond acceptors (Lipinski definition) is 2. The third-order valence-corrected chi connectivity index (χ3v) is 4.06. The fraction of sp³-hybridized carbons (Fsp3) is 0.235. The molecule has 1 aromatic heterocycles. The van der Waals surface area contributed by atoms with Crippen molar-refractivity contribution in [1.82, 2.24) is 4.98 Å². The second-order valence-corrected chi connectivity index (χ2v) is 5.49. The minimum Gasteiger partial charge on any atom is -0.489 e. The van der Waals surface area contributed by atoms with Crippen LogP contribution in [0.25, 0.3) is 10.9 Å². The van der Waals surface area contributed by atoms with Crippen LogP contribution in [0.1, 0.15) is 6.42 Å². The molecule has 21 heavy (non-hydrogen) atoms. The number of rotatable bonds is 3. The Kier molecular flexibility index (Phi) is 2.77. The maximum absolute atomic E-state index is 14.0. The molecule has 0 spiro atoms. The van der Waals surface area contributed by atoms with E-state index in [1.807, 2.05) is 24.3 Å². The molecule has 106 valence electrons. The van der Waals surface area contributed by atoms with Crippen molar-refractivity contribution in [1.29, 1.82) is 0 Å². The highest BCUT2D eigenvalue weighted by molar-refractivity contribution is 5.79. The summed E-state index contributed by atoms with van der Waals surface area (Å²) in [5.74, 6) is -0.304. The Balaban J connectivity index is 1.55. The summed E-state index contributed by atoms with van der Waals surface area (Å²) in [5, 5.41) is 0.936. The molecule has 0 amide bonds. The molecule has 2 nitrogen and oxygen atoms in total. The van der Waals surface area contributed by atoms with Crippen molar-refractivity contribution in [3.8, 4) is 5.75 Å². The molecule has 0 radical (unpaired) electrons. The van der Waals surface area contributed by atoms with E-state index in [2.05, 4.69) is 4.98 Å². The fourth-order valence-electron chi connectivity index (χ4n) is 2.75. The van der Waals surface area contributed by atoms with Crippen molar-refractivity contribution in [2.75, 3.05) is 6.61 Å². The van der Waals surface area contributed by atoms with Crippen LogP contribution in [0, 0.1) is 11.8 Å². The largest absolute Gasteiger partial charge is 0.489 e. The van der Waals surface area contributed by atoms with Gasteiger partial charge in [-0.3, -0.25) is 4.98 Å². The Hall–Kier alpha value is -2.23. The van der Waals surface area contributed by atoms with Crippen molar-refractivity contribution in [3.63, 3.8) is 0 Å². The second kappa shape index (κ2) is 4.65. The van der Waals surface area contributed by atoms with Gasteiger partial charge in [-0.05, 0) is 42.7 Å². The van der Waals surface area contributed by atoms with Gasteiger partial charge in [-0.15, -0.1) is 0 Å². The summed E-state index contributed by atoms with van der Waals surface area (Å²) in [5.41, 5.74) is 0.917. The van der Waals surface area contributed by atoms with Gasteiger partial charge in [0.05, 0.1) is 11.1 Å². The molecule has 0 N–H and O–H groups in total. The minimum atomic E-state index is -0.478. The Labute approximate surface area is 120 Å². The van der Waals surface area contributed by atoms with Gasteiger partial charge in [-0.1, -0.05) is 6.07 Å². The molecule has 1 saturated carbocycles. The molecule has 0 saturated heterocycles. The molecule has 2 atom stereocenters. The molecule has 1 aromatic carbocycles. The SMILES string of the molecule is FC1=CC2CC2C(F)=C1COc1ccc2ncccc2c1. The zero-order valence-corrected chi connectivity index (χ0v) is 11.2. The summed E-state index contributed by atoms with van der Waals surface area (Å²) in [6, 6.07) is 9.18. The van der Waals surface area contributed by atoms with Crippen LogP contribution >= 0.6 is 0 Å². The van der Waals surface area contributed by atoms with E-state index >= 15 is 0 Å². The number of allylic oxidation sites excluding steroid dienone is 2. The summed E-state index contributed by atoms with van der Waals surface area (Å²) in [4.78, 5) is 4.22. The van der Waals surface area contributed by atoms with Crippen molar-refractivity contribution in [3.05, 3.63) is 59.8 Å². The van der Waals surface area contributed by atoms with Crippen molar-refractivity contribution in [2.45, 2.75) is 6.42 Å². The van der Waals surface area contributed by atoms with E-state index in [0.717, 1.165) is 10.9 Å². The first kappa shape index (κ1) is 12.5. The second-order valence-electron chi connectivity index (χ2n) is 5.49. The Morgan fingerprint density at radius 2 is 2.14 bits per heavy atom. The zero-order chi connectivity index (χ0) is 14.4. The van der Waals surface area contributed by atoms with E-state index in [0.29, 0.717) is 12.2 Å². The Morgan fingerprint density at radius 1 is 1.24 bits per heavy atom. The average Bonchev–Trinajstić information content (AvgIpc) is 3.26. The molecule has 2 unspecified atom stereocenters. The fourth-order valence-corrected chi connectivity index (χ4v) is 2.75. The van der Waals surface area contributed by atoms with Crippen LogP contribution in [0.15, 0.2) is 59.8 Å². The Morgan fingerprint density at radius 3 is 3.05 bits per heavy atom. The molecule has 4 heteroatoms. The molecular weight excluding hydrogens is 272 g/mol. The monoisotopic (exact) mass is 285 g/mol. The summed E-state index contributed by atoms with van der Waals surface area (Å²) in [6.07, 6.45) is 3.94. The molecule has 1 fully saturated rings. The average molecular weight is 285 g/mol. The van der Waals surface area contributed by atoms with Gasteiger partial charge in [0.15, 0.2) is 0 Å². The number of hydrogen-bond donors (Lipinski definition) is 0. The summed E-state index contributed by atoms with van der Waals surface area (Å²) in [7, 11) is 0. The maximum Gasteiger partial charge on any atom is 0.128 e. The summed E-state index contributed by atoms with van der Waals surface area (Å²) in [6.45, 7) is -0.0802. The summed E-state index contributed by atoms with van der Waals surface area (Å²) >= 11 is 0. The lowest BCUT2D eigenvalue weighted by Gasteiger charge is -2.13. The molecule has 4 rings (SSSR count). The normalized spacial score (nSPS) is 23.8. The molecule has 0 aliphatic heterocycles. The van der Waals surface area contributed by atoms with Gasteiger partial charge >= 0.3 is 0 Å². The van der Waals surface area contributed by atoms with Gasteiger partial charge in [0.1, 0.15) is 24.0 Å². The van der Waals surface area contributed by atoms with Crippen LogP contribution in [0.3, 0.4) is 0 Å². The van der Waals surface area contributed by atoms with Crippen LogP contribution in [0.4, 0.5) is 8.78 Å². The quantitative estimate of drug-likeness (QED) is 0.837. The van der Waals surface area contributed by atoms with E-state index in [1.165, 1.54) is 6.08 Å². The molecule has 2 aliphatic carbocycles. The maximum atomic E-state index is 14.0. The lowest BCUT2D eigenvalue weighted by Crippen LogP contribution is -2.08. The van der Waals surface area contributed by atoms with Crippen molar-refractivity contribution >= 4 is 10.9 Å². The first-order valence-corrected chi connectivity index (χ1v) is 6.96. The zero-order valence-electron chi connectivity index (χ0n) is 11.2. The summed E-state index contributed by atoms with van der Waals surface area (Å²) < 4.78 is 33.4. The van der Waals surface area contributed by atoms with Gasteiger partial charge in [0.2, 0.25) is 0 Å². The Bertz CT molecular complexity index is 781. The van der Waals surface area contributed by atoms with E-state index in [9.17, 15) is 8.78 Å². The van der Waals surface area contributed by atoms with Crippen LogP contribution < -0.4 is 4.74 Å². The number of aromatic nitrogens is 1. The molecule has 2 aromatic rings. The van der Waals surface area contributed by atoms with Crippen LogP contribution in [-0.2, 0) is 0 Å². The molecule has 0 bridgehead atoms. The number of nitrogens with zero attached hydrogens (tertiary/aromatic N) is 1. The third-order valence-electron chi connectivity index (χ3n) is 4.06. The predicted octanol–water partition coefficient (Wildman–Crippen LogP) is 4.34. The lowest BCUT2D eigenvalue weighted by molar-refractivity contribution is 0.338. The van der Waals surface area contributed by atoms with Gasteiger partial charge in [0, 0.05) is 17.5 Å². The highest BCUT2D eigenvalue weighted by Gasteiger charge is 2.44. The first-order chi connectivity index (χ1) is 10.2. The highest BCUT2D eigenvalue weighted by Crippen LogP contribution is 2.51. The first-order valence-electron chi connectivity index (χ1n) is 6.96. The third kappa shape index (κ3) is 2.20. The molecular formula is C17H13F2NO. The topological polar surface area (TPSA) is 22.1 Å². The minimum absolute atomic E-state index is 0.0556. The highest BCUT2D eigenvalue weighted by atomic mass is 19.1. The molecule has 2 aliphatic rings. The van der Waals surface area contributed by atoms with E-state index < -0.39 is 5.83 Å². The number of halogens is 2. The van der Waals surface area contributed by atoms with E-state index in [1.54, 1.807) is 12.3 Å². The van der Waals surface area contributed by atoms with Crippen molar-refractivity contribution < 1.29 is 13.5 Å². The van der Waals surface area contributed by atoms with Crippen LogP contribution in [0.5, 0.6) is 5.75 Å². The predicted molar refractivity (Wildman–Crippen MR) is 76.2 cm³/mol.